The van der Waals surface area contributed by atoms with Crippen molar-refractivity contribution in [2.24, 2.45) is 0 Å². The molecule has 4 aromatic carbocycles. The van der Waals surface area contributed by atoms with E-state index in [1.807, 2.05) is 48.5 Å². The fourth-order valence-electron chi connectivity index (χ4n) is 4.40. The molecular formula is C34H31F4NO3. The lowest BCUT2D eigenvalue weighted by molar-refractivity contribution is -0.275. The molecule has 0 fully saturated rings. The highest BCUT2D eigenvalue weighted by Gasteiger charge is 2.32. The van der Waals surface area contributed by atoms with E-state index in [9.17, 15) is 17.6 Å². The fraction of sp³-hybridized carbons (Fsp3) is 0.265. The van der Waals surface area contributed by atoms with Gasteiger partial charge in [0, 0.05) is 0 Å². The number of alkyl halides is 3. The quantitative estimate of drug-likeness (QED) is 0.111. The second-order valence-corrected chi connectivity index (χ2v) is 9.75. The topological polar surface area (TPSA) is 51.5 Å². The molecule has 4 nitrogen and oxygen atoms in total. The largest absolute Gasteiger partial charge is 0.573 e. The lowest BCUT2D eigenvalue weighted by atomic mass is 10.0. The lowest BCUT2D eigenvalue weighted by Gasteiger charge is -2.11. The van der Waals surface area contributed by atoms with Gasteiger partial charge in [-0.2, -0.15) is 5.26 Å². The van der Waals surface area contributed by atoms with Gasteiger partial charge in [0.2, 0.25) is 0 Å². The molecule has 0 amide bonds. The van der Waals surface area contributed by atoms with Crippen LogP contribution < -0.4 is 14.2 Å². The summed E-state index contributed by atoms with van der Waals surface area (Å²) in [5.74, 6) is -0.413. The molecule has 4 aromatic rings. The summed E-state index contributed by atoms with van der Waals surface area (Å²) in [4.78, 5) is 0. The molecule has 0 aliphatic carbocycles. The van der Waals surface area contributed by atoms with E-state index in [4.69, 9.17) is 14.7 Å². The first-order valence-corrected chi connectivity index (χ1v) is 13.8. The van der Waals surface area contributed by atoms with E-state index in [2.05, 4.69) is 10.8 Å². The maximum atomic E-state index is 14.0. The molecule has 0 aliphatic rings. The van der Waals surface area contributed by atoms with Crippen LogP contribution >= 0.6 is 0 Å². The van der Waals surface area contributed by atoms with Crippen LogP contribution in [0.15, 0.2) is 91.0 Å². The van der Waals surface area contributed by atoms with Gasteiger partial charge < -0.3 is 14.2 Å². The SMILES string of the molecule is N#Cc1ccc(-c2ccc(OCCCCCCCCOc3ccc(-c4ccc(OC(F)(F)F)c(F)c4)cc3)cc2)cc1. The van der Waals surface area contributed by atoms with Crippen LogP contribution in [-0.2, 0) is 0 Å². The van der Waals surface area contributed by atoms with Gasteiger partial charge in [-0.05, 0) is 83.6 Å². The number of benzene rings is 4. The van der Waals surface area contributed by atoms with Gasteiger partial charge in [-0.15, -0.1) is 13.2 Å². The number of nitriles is 1. The standard InChI is InChI=1S/C34H31F4NO3/c35-32-23-29(15-20-33(32)42-34(36,37)38)28-13-18-31(19-14-28)41-22-6-4-2-1-3-5-21-40-30-16-11-27(12-17-30)26-9-7-25(24-39)8-10-26/h7-20,23H,1-6,21-22H2. The summed E-state index contributed by atoms with van der Waals surface area (Å²) in [6, 6.07) is 28.0. The summed E-state index contributed by atoms with van der Waals surface area (Å²) in [5.41, 5.74) is 3.89. The Hall–Kier alpha value is -4.51. The first kappa shape index (κ1) is 30.4. The number of ether oxygens (including phenoxy) is 3. The Morgan fingerprint density at radius 1 is 0.571 bits per heavy atom. The maximum absolute atomic E-state index is 14.0. The predicted octanol–water partition coefficient (Wildman–Crippen LogP) is 9.73. The third-order valence-corrected chi connectivity index (χ3v) is 6.62. The molecule has 8 heteroatoms. The van der Waals surface area contributed by atoms with E-state index in [0.717, 1.165) is 67.5 Å². The van der Waals surface area contributed by atoms with Gasteiger partial charge in [0.1, 0.15) is 11.5 Å². The summed E-state index contributed by atoms with van der Waals surface area (Å²) in [5, 5.41) is 8.92. The van der Waals surface area contributed by atoms with Crippen molar-refractivity contribution in [2.45, 2.75) is 44.9 Å². The van der Waals surface area contributed by atoms with Gasteiger partial charge in [0.15, 0.2) is 11.6 Å². The Morgan fingerprint density at radius 3 is 1.45 bits per heavy atom. The molecule has 0 atom stereocenters. The number of hydrogen-bond donors (Lipinski definition) is 0. The van der Waals surface area contributed by atoms with Crippen LogP contribution in [0.3, 0.4) is 0 Å². The predicted molar refractivity (Wildman–Crippen MR) is 154 cm³/mol. The van der Waals surface area contributed by atoms with E-state index in [1.54, 1.807) is 24.3 Å². The van der Waals surface area contributed by atoms with Crippen molar-refractivity contribution in [3.8, 4) is 45.6 Å². The highest BCUT2D eigenvalue weighted by molar-refractivity contribution is 5.66. The van der Waals surface area contributed by atoms with Gasteiger partial charge in [0.25, 0.3) is 0 Å². The van der Waals surface area contributed by atoms with Crippen LogP contribution in [0, 0.1) is 17.1 Å². The minimum absolute atomic E-state index is 0.441. The lowest BCUT2D eigenvalue weighted by Crippen LogP contribution is -2.17. The number of halogens is 4. The molecule has 0 radical (unpaired) electrons. The second-order valence-electron chi connectivity index (χ2n) is 9.75. The van der Waals surface area contributed by atoms with Crippen molar-refractivity contribution in [3.05, 3.63) is 102 Å². The molecule has 0 aliphatic heterocycles. The van der Waals surface area contributed by atoms with Gasteiger partial charge in [0.05, 0.1) is 24.8 Å². The summed E-state index contributed by atoms with van der Waals surface area (Å²) in [6.07, 6.45) is 1.36. The first-order valence-electron chi connectivity index (χ1n) is 13.8. The molecule has 4 rings (SSSR count). The van der Waals surface area contributed by atoms with Crippen molar-refractivity contribution in [1.82, 2.24) is 0 Å². The first-order chi connectivity index (χ1) is 20.3. The highest BCUT2D eigenvalue weighted by Crippen LogP contribution is 2.30. The molecule has 0 N–H and O–H groups in total. The molecule has 42 heavy (non-hydrogen) atoms. The van der Waals surface area contributed by atoms with Crippen LogP contribution in [0.1, 0.15) is 44.1 Å². The van der Waals surface area contributed by atoms with Gasteiger partial charge in [-0.3, -0.25) is 0 Å². The van der Waals surface area contributed by atoms with Gasteiger partial charge in [-0.25, -0.2) is 4.39 Å². The van der Waals surface area contributed by atoms with Crippen LogP contribution in [-0.4, -0.2) is 19.6 Å². The third kappa shape index (κ3) is 9.55. The van der Waals surface area contributed by atoms with Crippen LogP contribution in [0.2, 0.25) is 0 Å². The monoisotopic (exact) mass is 577 g/mol. The van der Waals surface area contributed by atoms with E-state index < -0.39 is 17.9 Å². The zero-order valence-corrected chi connectivity index (χ0v) is 23.0. The Balaban J connectivity index is 1.06. The van der Waals surface area contributed by atoms with E-state index in [1.165, 1.54) is 6.07 Å². The molecule has 0 aromatic heterocycles. The van der Waals surface area contributed by atoms with E-state index in [0.29, 0.717) is 35.7 Å². The number of unbranched alkanes of at least 4 members (excludes halogenated alkanes) is 5. The Bertz CT molecular complexity index is 1450. The van der Waals surface area contributed by atoms with Crippen molar-refractivity contribution < 1.29 is 31.8 Å². The Labute approximate surface area is 243 Å². The molecule has 0 bridgehead atoms. The maximum Gasteiger partial charge on any atom is 0.573 e. The van der Waals surface area contributed by atoms with Gasteiger partial charge >= 0.3 is 6.36 Å². The van der Waals surface area contributed by atoms with Crippen LogP contribution in [0.25, 0.3) is 22.3 Å². The average molecular weight is 578 g/mol. The van der Waals surface area contributed by atoms with Crippen molar-refractivity contribution in [2.75, 3.05) is 13.2 Å². The smallest absolute Gasteiger partial charge is 0.494 e. The Kier molecular flexibility index (Phi) is 10.8. The molecule has 0 saturated heterocycles. The van der Waals surface area contributed by atoms with Gasteiger partial charge in [-0.1, -0.05) is 68.1 Å². The summed E-state index contributed by atoms with van der Waals surface area (Å²) in [7, 11) is 0. The molecule has 0 spiro atoms. The third-order valence-electron chi connectivity index (χ3n) is 6.62. The normalized spacial score (nSPS) is 11.1. The minimum atomic E-state index is -4.94. The van der Waals surface area contributed by atoms with Crippen LogP contribution in [0.4, 0.5) is 17.6 Å². The summed E-state index contributed by atoms with van der Waals surface area (Å²) in [6.45, 7) is 1.26. The molecule has 218 valence electrons. The second kappa shape index (κ2) is 14.9. The van der Waals surface area contributed by atoms with Crippen molar-refractivity contribution in [1.29, 1.82) is 5.26 Å². The number of hydrogen-bond acceptors (Lipinski definition) is 4. The zero-order valence-electron chi connectivity index (χ0n) is 23.0. The average Bonchev–Trinajstić information content (AvgIpc) is 2.99. The van der Waals surface area contributed by atoms with E-state index >= 15 is 0 Å². The highest BCUT2D eigenvalue weighted by atomic mass is 19.4. The minimum Gasteiger partial charge on any atom is -0.494 e. The Morgan fingerprint density at radius 2 is 1.00 bits per heavy atom. The molecular weight excluding hydrogens is 546 g/mol. The van der Waals surface area contributed by atoms with E-state index in [-0.39, 0.29) is 0 Å². The molecule has 0 saturated carbocycles. The van der Waals surface area contributed by atoms with Crippen molar-refractivity contribution in [3.63, 3.8) is 0 Å². The number of nitrogens with zero attached hydrogens (tertiary/aromatic N) is 1. The zero-order chi connectivity index (χ0) is 29.8. The van der Waals surface area contributed by atoms with Crippen LogP contribution in [0.5, 0.6) is 17.2 Å². The number of rotatable bonds is 14. The fourth-order valence-corrected chi connectivity index (χ4v) is 4.40. The summed E-state index contributed by atoms with van der Waals surface area (Å²) < 4.78 is 66.3. The molecule has 0 unspecified atom stereocenters. The molecule has 0 heterocycles. The van der Waals surface area contributed by atoms with Crippen molar-refractivity contribution >= 4 is 0 Å². The summed E-state index contributed by atoms with van der Waals surface area (Å²) >= 11 is 0.